The normalized spacial score (nSPS) is 12.6. The van der Waals surface area contributed by atoms with E-state index in [1.54, 1.807) is 6.20 Å². The highest BCUT2D eigenvalue weighted by molar-refractivity contribution is 5.52. The Bertz CT molecular complexity index is 435. The molecule has 0 saturated heterocycles. The molecule has 0 radical (unpaired) electrons. The smallest absolute Gasteiger partial charge is 0.226 e. The molecule has 2 aromatic rings. The Balaban J connectivity index is 2.26. The third-order valence-electron chi connectivity index (χ3n) is 2.36. The Morgan fingerprint density at radius 1 is 1.38 bits per heavy atom. The summed E-state index contributed by atoms with van der Waals surface area (Å²) in [6.07, 6.45) is 1.75. The van der Waals surface area contributed by atoms with Crippen LogP contribution >= 0.6 is 0 Å². The first-order valence-corrected chi connectivity index (χ1v) is 5.16. The zero-order valence-corrected chi connectivity index (χ0v) is 8.96. The zero-order valence-electron chi connectivity index (χ0n) is 8.96. The van der Waals surface area contributed by atoms with Crippen LogP contribution in [0, 0.1) is 0 Å². The van der Waals surface area contributed by atoms with E-state index in [4.69, 9.17) is 9.67 Å². The molecule has 1 aromatic carbocycles. The number of hydrogen-bond donors (Lipinski definition) is 1. The van der Waals surface area contributed by atoms with Gasteiger partial charge in [0, 0.05) is 5.56 Å². The van der Waals surface area contributed by atoms with Crippen LogP contribution < -0.4 is 0 Å². The van der Waals surface area contributed by atoms with Crippen molar-refractivity contribution in [2.24, 2.45) is 0 Å². The molecule has 1 heterocycles. The van der Waals surface area contributed by atoms with Crippen LogP contribution in [0.5, 0.6) is 0 Å². The van der Waals surface area contributed by atoms with Crippen LogP contribution in [0.1, 0.15) is 25.2 Å². The SMILES string of the molecule is CCC(OO)c1cnc(-c2ccccc2)o1. The summed E-state index contributed by atoms with van der Waals surface area (Å²) in [7, 11) is 0. The van der Waals surface area contributed by atoms with Crippen LogP contribution in [0.4, 0.5) is 0 Å². The van der Waals surface area contributed by atoms with E-state index in [0.29, 0.717) is 18.1 Å². The molecule has 0 aliphatic rings. The molecule has 0 saturated carbocycles. The Kier molecular flexibility index (Phi) is 3.34. The lowest BCUT2D eigenvalue weighted by molar-refractivity contribution is -0.285. The summed E-state index contributed by atoms with van der Waals surface area (Å²) in [5, 5.41) is 8.67. The van der Waals surface area contributed by atoms with Crippen molar-refractivity contribution in [1.29, 1.82) is 0 Å². The van der Waals surface area contributed by atoms with Gasteiger partial charge in [0.1, 0.15) is 0 Å². The van der Waals surface area contributed by atoms with Crippen molar-refractivity contribution >= 4 is 0 Å². The predicted octanol–water partition coefficient (Wildman–Crippen LogP) is 3.28. The van der Waals surface area contributed by atoms with Crippen LogP contribution in [-0.4, -0.2) is 10.2 Å². The lowest BCUT2D eigenvalue weighted by atomic mass is 10.2. The molecule has 0 amide bonds. The minimum Gasteiger partial charge on any atom is -0.438 e. The maximum atomic E-state index is 8.67. The number of rotatable bonds is 4. The van der Waals surface area contributed by atoms with Gasteiger partial charge in [-0.3, -0.25) is 5.26 Å². The first-order valence-electron chi connectivity index (χ1n) is 5.16. The highest BCUT2D eigenvalue weighted by Crippen LogP contribution is 2.25. The molecule has 0 aliphatic carbocycles. The van der Waals surface area contributed by atoms with Gasteiger partial charge in [-0.05, 0) is 18.6 Å². The van der Waals surface area contributed by atoms with Crippen LogP contribution in [0.25, 0.3) is 11.5 Å². The fourth-order valence-corrected chi connectivity index (χ4v) is 1.48. The van der Waals surface area contributed by atoms with E-state index in [-0.39, 0.29) is 0 Å². The van der Waals surface area contributed by atoms with Crippen molar-refractivity contribution in [3.63, 3.8) is 0 Å². The molecule has 1 N–H and O–H groups in total. The summed E-state index contributed by atoms with van der Waals surface area (Å²) in [5.41, 5.74) is 0.904. The van der Waals surface area contributed by atoms with E-state index in [0.717, 1.165) is 5.56 Å². The maximum Gasteiger partial charge on any atom is 0.226 e. The van der Waals surface area contributed by atoms with Gasteiger partial charge in [-0.15, -0.1) is 0 Å². The monoisotopic (exact) mass is 219 g/mol. The molecule has 0 aliphatic heterocycles. The first-order chi connectivity index (χ1) is 7.85. The van der Waals surface area contributed by atoms with Crippen molar-refractivity contribution in [2.45, 2.75) is 19.4 Å². The van der Waals surface area contributed by atoms with Gasteiger partial charge in [0.2, 0.25) is 5.89 Å². The zero-order chi connectivity index (χ0) is 11.4. The largest absolute Gasteiger partial charge is 0.438 e. The molecule has 1 aromatic heterocycles. The van der Waals surface area contributed by atoms with E-state index in [1.807, 2.05) is 37.3 Å². The minimum atomic E-state index is -0.454. The summed E-state index contributed by atoms with van der Waals surface area (Å²) >= 11 is 0. The summed E-state index contributed by atoms with van der Waals surface area (Å²) in [6.45, 7) is 1.89. The highest BCUT2D eigenvalue weighted by atomic mass is 17.1. The number of hydrogen-bond acceptors (Lipinski definition) is 4. The number of nitrogens with zero attached hydrogens (tertiary/aromatic N) is 1. The quantitative estimate of drug-likeness (QED) is 0.633. The second kappa shape index (κ2) is 4.92. The van der Waals surface area contributed by atoms with Gasteiger partial charge in [0.25, 0.3) is 0 Å². The summed E-state index contributed by atoms with van der Waals surface area (Å²) in [5.74, 6) is 1.06. The minimum absolute atomic E-state index is 0.454. The van der Waals surface area contributed by atoms with Crippen molar-refractivity contribution in [3.8, 4) is 11.5 Å². The topological polar surface area (TPSA) is 55.5 Å². The van der Waals surface area contributed by atoms with Crippen molar-refractivity contribution in [1.82, 2.24) is 4.98 Å². The fraction of sp³-hybridized carbons (Fsp3) is 0.250. The third kappa shape index (κ3) is 2.13. The summed E-state index contributed by atoms with van der Waals surface area (Å²) in [6, 6.07) is 9.59. The maximum absolute atomic E-state index is 8.67. The first kappa shape index (κ1) is 10.9. The van der Waals surface area contributed by atoms with E-state index < -0.39 is 6.10 Å². The molecule has 0 fully saturated rings. The van der Waals surface area contributed by atoms with E-state index in [2.05, 4.69) is 9.87 Å². The second-order valence-corrected chi connectivity index (χ2v) is 3.44. The highest BCUT2D eigenvalue weighted by Gasteiger charge is 2.15. The van der Waals surface area contributed by atoms with Gasteiger partial charge in [-0.1, -0.05) is 25.1 Å². The Morgan fingerprint density at radius 3 is 2.75 bits per heavy atom. The van der Waals surface area contributed by atoms with Gasteiger partial charge < -0.3 is 4.42 Å². The molecule has 1 unspecified atom stereocenters. The van der Waals surface area contributed by atoms with Crippen LogP contribution in [-0.2, 0) is 4.89 Å². The van der Waals surface area contributed by atoms with Gasteiger partial charge in [0.05, 0.1) is 6.20 Å². The van der Waals surface area contributed by atoms with Crippen molar-refractivity contribution in [2.75, 3.05) is 0 Å². The average Bonchev–Trinajstić information content (AvgIpc) is 2.81. The number of oxazole rings is 1. The molecule has 4 nitrogen and oxygen atoms in total. The van der Waals surface area contributed by atoms with E-state index in [1.165, 1.54) is 0 Å². The molecule has 4 heteroatoms. The second-order valence-electron chi connectivity index (χ2n) is 3.44. The Labute approximate surface area is 93.4 Å². The van der Waals surface area contributed by atoms with Crippen LogP contribution in [0.3, 0.4) is 0 Å². The van der Waals surface area contributed by atoms with Gasteiger partial charge >= 0.3 is 0 Å². The van der Waals surface area contributed by atoms with Crippen molar-refractivity contribution < 1.29 is 14.6 Å². The lowest BCUT2D eigenvalue weighted by Gasteiger charge is -2.05. The van der Waals surface area contributed by atoms with Gasteiger partial charge in [-0.2, -0.15) is 0 Å². The van der Waals surface area contributed by atoms with Gasteiger partial charge in [-0.25, -0.2) is 9.87 Å². The Morgan fingerprint density at radius 2 is 2.12 bits per heavy atom. The summed E-state index contributed by atoms with van der Waals surface area (Å²) in [4.78, 5) is 8.45. The Hall–Kier alpha value is -1.65. The fourth-order valence-electron chi connectivity index (χ4n) is 1.48. The molecular formula is C12H13NO3. The van der Waals surface area contributed by atoms with E-state index in [9.17, 15) is 0 Å². The van der Waals surface area contributed by atoms with Crippen molar-refractivity contribution in [3.05, 3.63) is 42.3 Å². The molecule has 0 bridgehead atoms. The molecule has 1 atom stereocenters. The van der Waals surface area contributed by atoms with Crippen LogP contribution in [0.15, 0.2) is 40.9 Å². The number of aromatic nitrogens is 1. The predicted molar refractivity (Wildman–Crippen MR) is 58.7 cm³/mol. The summed E-state index contributed by atoms with van der Waals surface area (Å²) < 4.78 is 5.52. The third-order valence-corrected chi connectivity index (χ3v) is 2.36. The van der Waals surface area contributed by atoms with Gasteiger partial charge in [0.15, 0.2) is 11.9 Å². The lowest BCUT2D eigenvalue weighted by Crippen LogP contribution is -1.97. The molecule has 84 valence electrons. The van der Waals surface area contributed by atoms with E-state index >= 15 is 0 Å². The number of benzene rings is 1. The van der Waals surface area contributed by atoms with Crippen LogP contribution in [0.2, 0.25) is 0 Å². The average molecular weight is 219 g/mol. The molecule has 16 heavy (non-hydrogen) atoms. The standard InChI is InChI=1S/C12H13NO3/c1-2-10(16-14)11-8-13-12(15-11)9-6-4-3-5-7-9/h3-8,10,14H,2H2,1H3. The molecule has 2 rings (SSSR count). The molecular weight excluding hydrogens is 206 g/mol. The molecule has 0 spiro atoms.